The number of nitrogens with one attached hydrogen (secondary N) is 5. The third-order valence-electron chi connectivity index (χ3n) is 16.9. The molecule has 5 heterocycles. The van der Waals surface area contributed by atoms with Crippen molar-refractivity contribution in [2.24, 2.45) is 39.6 Å². The van der Waals surface area contributed by atoms with E-state index in [-0.39, 0.29) is 102 Å². The Morgan fingerprint density at radius 3 is 2.08 bits per heavy atom. The molecular weight excluding hydrogens is 1130 g/mol. The second-order valence-corrected chi connectivity index (χ2v) is 23.9. The van der Waals surface area contributed by atoms with Gasteiger partial charge in [-0.15, -0.1) is 11.3 Å². The van der Waals surface area contributed by atoms with Crippen LogP contribution in [0.15, 0.2) is 46.8 Å². The third kappa shape index (κ3) is 16.8. The smallest absolute Gasteiger partial charge is 0.326 e. The normalized spacial score (nSPS) is 23.3. The van der Waals surface area contributed by atoms with E-state index in [2.05, 4.69) is 31.6 Å². The summed E-state index contributed by atoms with van der Waals surface area (Å²) in [5, 5.41) is 46.5. The fourth-order valence-corrected chi connectivity index (χ4v) is 13.3. The highest BCUT2D eigenvalue weighted by Gasteiger charge is 2.52. The summed E-state index contributed by atoms with van der Waals surface area (Å²) in [5.74, 6) is -7.71. The van der Waals surface area contributed by atoms with E-state index in [1.807, 2.05) is 6.07 Å². The SMILES string of the molecule is NCCC[C@@H](N)C(=O)N[C@@H](CCCN=C(N)N)C(=O)N1CCC[C@H]1C(=O)N1C[C@H](O)C[C@H]1C(=O)NCC(=O)N[C@@H](Cc1cccs1)C(=O)N[C@@H](CO)C(=O)N1Cc2ccccc2C[C@@H]1C(=O)N1[C@H](C(=O)N[C@@H](CCCN)C(=O)O)C[C@@H]2CCCC[C@@H]21. The first-order valence-electron chi connectivity index (χ1n) is 29.8. The van der Waals surface area contributed by atoms with Gasteiger partial charge in [0, 0.05) is 56.4 Å². The number of aliphatic hydroxyl groups is 2. The number of benzene rings is 1. The number of carboxylic acids is 1. The molecule has 0 spiro atoms. The highest BCUT2D eigenvalue weighted by Crippen LogP contribution is 2.41. The van der Waals surface area contributed by atoms with Crippen molar-refractivity contribution in [3.05, 3.63) is 57.8 Å². The van der Waals surface area contributed by atoms with Gasteiger partial charge >= 0.3 is 5.97 Å². The summed E-state index contributed by atoms with van der Waals surface area (Å²) in [6, 6.07) is -0.584. The minimum atomic E-state index is -1.64. The van der Waals surface area contributed by atoms with Crippen LogP contribution in [-0.2, 0) is 67.3 Å². The summed E-state index contributed by atoms with van der Waals surface area (Å²) < 4.78 is 0. The number of amides is 9. The van der Waals surface area contributed by atoms with Gasteiger partial charge in [-0.2, -0.15) is 0 Å². The van der Waals surface area contributed by atoms with Crippen LogP contribution in [0.1, 0.15) is 106 Å². The molecule has 5 aliphatic rings. The molecule has 1 aromatic heterocycles. The summed E-state index contributed by atoms with van der Waals surface area (Å²) in [7, 11) is 0. The number of aliphatic hydroxyl groups excluding tert-OH is 2. The lowest BCUT2D eigenvalue weighted by molar-refractivity contribution is -0.153. The molecule has 472 valence electrons. The molecule has 86 heavy (non-hydrogen) atoms. The molecule has 18 N–H and O–H groups in total. The Kier molecular flexibility index (Phi) is 24.2. The van der Waals surface area contributed by atoms with Crippen LogP contribution in [0.3, 0.4) is 0 Å². The molecule has 1 saturated carbocycles. The number of aliphatic imine (C=N–C) groups is 1. The van der Waals surface area contributed by atoms with E-state index in [0.29, 0.717) is 49.1 Å². The molecule has 1 aliphatic carbocycles. The maximum absolute atomic E-state index is 15.2. The first-order valence-corrected chi connectivity index (χ1v) is 30.7. The Morgan fingerprint density at radius 1 is 0.686 bits per heavy atom. The van der Waals surface area contributed by atoms with Gasteiger partial charge in [0.15, 0.2) is 5.96 Å². The van der Waals surface area contributed by atoms with Crippen LogP contribution in [-0.4, -0.2) is 212 Å². The van der Waals surface area contributed by atoms with Gasteiger partial charge in [-0.1, -0.05) is 43.2 Å². The predicted molar refractivity (Wildman–Crippen MR) is 314 cm³/mol. The first-order chi connectivity index (χ1) is 41.2. The van der Waals surface area contributed by atoms with Crippen LogP contribution in [0.5, 0.6) is 0 Å². The average Bonchev–Trinajstić information content (AvgIpc) is 3.97. The highest BCUT2D eigenvalue weighted by molar-refractivity contribution is 7.09. The first kappa shape index (κ1) is 66.2. The van der Waals surface area contributed by atoms with Gasteiger partial charge in [0.25, 0.3) is 0 Å². The van der Waals surface area contributed by atoms with Crippen molar-refractivity contribution in [1.82, 2.24) is 46.2 Å². The largest absolute Gasteiger partial charge is 0.480 e. The predicted octanol–water partition coefficient (Wildman–Crippen LogP) is -3.65. The van der Waals surface area contributed by atoms with Crippen molar-refractivity contribution < 1.29 is 63.3 Å². The number of likely N-dealkylation sites (tertiary alicyclic amines) is 3. The minimum Gasteiger partial charge on any atom is -0.480 e. The number of rotatable bonds is 28. The Labute approximate surface area is 503 Å². The lowest BCUT2D eigenvalue weighted by Crippen LogP contribution is -2.63. The molecule has 7 rings (SSSR count). The van der Waals surface area contributed by atoms with Crippen LogP contribution in [0.25, 0.3) is 0 Å². The van der Waals surface area contributed by atoms with Crippen molar-refractivity contribution in [2.45, 2.75) is 176 Å². The number of hydrogen-bond acceptors (Lipinski definition) is 17. The number of guanidine groups is 1. The third-order valence-corrected chi connectivity index (χ3v) is 17.8. The second kappa shape index (κ2) is 31.4. The van der Waals surface area contributed by atoms with Crippen LogP contribution >= 0.6 is 11.3 Å². The topological polar surface area (TPSA) is 447 Å². The van der Waals surface area contributed by atoms with Crippen molar-refractivity contribution in [1.29, 1.82) is 0 Å². The van der Waals surface area contributed by atoms with E-state index < -0.39 is 133 Å². The standard InChI is InChI=1S/C57H85N15O13S/c58-19-5-14-37(60)48(76)66-38(16-7-21-63-57(61)62)52(80)69-22-8-18-43(69)54(82)71-30-35(74)26-44(71)50(78)64-28-47(75)65-40(27-36-13-9-23-86-36)49(77)68-41(31-73)53(81)70-29-34-12-2-1-10-32(34)24-46(70)55(83)72-42-17-4-3-11-33(42)25-45(72)51(79)67-39(56(84)85)15-6-20-59/h1-2,9-10,12-13,23,33,35,37-46,73-74H,3-8,11,14-22,24-31,58-60H2,(H,64,78)(H,65,75)(H,66,76)(H,67,79)(H,68,77)(H,84,85)(H4,61,62,63)/t33-,35+,37+,38-,39-,40-,41-,42-,43-,44-,45-,46+/m0/s1. The van der Waals surface area contributed by atoms with Crippen molar-refractivity contribution >= 4 is 76.4 Å². The Morgan fingerprint density at radius 2 is 1.38 bits per heavy atom. The zero-order valence-corrected chi connectivity index (χ0v) is 49.2. The summed E-state index contributed by atoms with van der Waals surface area (Å²) in [6.07, 6.45) is 4.12. The lowest BCUT2D eigenvalue weighted by Gasteiger charge is -2.42. The Balaban J connectivity index is 1.03. The number of β-amino-alcohol motifs (C(OH)–C–C–N with tert-alkyl or cyclic N) is 1. The number of aliphatic carboxylic acids is 1. The summed E-state index contributed by atoms with van der Waals surface area (Å²) in [5.41, 5.74) is 29.8. The van der Waals surface area contributed by atoms with Gasteiger partial charge in [0.1, 0.15) is 48.3 Å². The number of carbonyl (C=O) groups excluding carboxylic acids is 9. The summed E-state index contributed by atoms with van der Waals surface area (Å²) in [6.45, 7) is -1.16. The van der Waals surface area contributed by atoms with Crippen LogP contribution < -0.4 is 55.3 Å². The van der Waals surface area contributed by atoms with E-state index in [4.69, 9.17) is 28.7 Å². The van der Waals surface area contributed by atoms with Crippen LogP contribution in [0.2, 0.25) is 0 Å². The van der Waals surface area contributed by atoms with Gasteiger partial charge in [-0.25, -0.2) is 4.79 Å². The number of nitrogens with zero attached hydrogens (tertiary/aromatic N) is 5. The number of nitrogens with two attached hydrogens (primary N) is 5. The van der Waals surface area contributed by atoms with E-state index in [9.17, 15) is 58.5 Å². The van der Waals surface area contributed by atoms with Gasteiger partial charge in [-0.3, -0.25) is 48.1 Å². The monoisotopic (exact) mass is 1220 g/mol. The summed E-state index contributed by atoms with van der Waals surface area (Å²) >= 11 is 1.28. The molecule has 1 aromatic carbocycles. The number of fused-ring (bicyclic) bond motifs is 2. The number of carboxylic acid groups (broad SMARTS) is 1. The molecule has 9 amide bonds. The van der Waals surface area contributed by atoms with Crippen LogP contribution in [0.4, 0.5) is 0 Å². The van der Waals surface area contributed by atoms with Gasteiger partial charge in [0.05, 0.1) is 25.3 Å². The van der Waals surface area contributed by atoms with E-state index >= 15 is 4.79 Å². The van der Waals surface area contributed by atoms with Gasteiger partial charge in [-0.05, 0) is 112 Å². The fraction of sp³-hybridized carbons (Fsp3) is 0.632. The van der Waals surface area contributed by atoms with Crippen molar-refractivity contribution in [3.63, 3.8) is 0 Å². The fourth-order valence-electron chi connectivity index (χ4n) is 12.5. The Bertz CT molecular complexity index is 2770. The van der Waals surface area contributed by atoms with Gasteiger partial charge < -0.3 is 90.2 Å². The number of hydrogen-bond donors (Lipinski definition) is 13. The maximum atomic E-state index is 15.2. The highest BCUT2D eigenvalue weighted by atomic mass is 32.1. The van der Waals surface area contributed by atoms with E-state index in [0.717, 1.165) is 29.7 Å². The van der Waals surface area contributed by atoms with E-state index in [1.54, 1.807) is 35.7 Å². The van der Waals surface area contributed by atoms with Gasteiger partial charge in [0.2, 0.25) is 53.2 Å². The molecule has 29 heteroatoms. The number of carbonyl (C=O) groups is 10. The molecular formula is C57H85N15O13S. The quantitative estimate of drug-likeness (QED) is 0.0222. The summed E-state index contributed by atoms with van der Waals surface area (Å²) in [4.78, 5) is 150. The molecule has 4 aliphatic heterocycles. The molecule has 0 unspecified atom stereocenters. The van der Waals surface area contributed by atoms with E-state index in [1.165, 1.54) is 26.0 Å². The average molecular weight is 1220 g/mol. The second-order valence-electron chi connectivity index (χ2n) is 22.9. The van der Waals surface area contributed by atoms with Crippen LogP contribution in [0, 0.1) is 5.92 Å². The minimum absolute atomic E-state index is 0.0357. The molecule has 0 radical (unpaired) electrons. The van der Waals surface area contributed by atoms with Crippen molar-refractivity contribution in [2.75, 3.05) is 45.9 Å². The molecule has 3 saturated heterocycles. The molecule has 2 aromatic rings. The zero-order chi connectivity index (χ0) is 62.2. The molecule has 0 bridgehead atoms. The van der Waals surface area contributed by atoms with Crippen molar-refractivity contribution in [3.8, 4) is 0 Å². The maximum Gasteiger partial charge on any atom is 0.326 e. The lowest BCUT2D eigenvalue weighted by atomic mass is 9.84. The number of thiophene rings is 1. The molecule has 4 fully saturated rings. The molecule has 12 atom stereocenters. The Hall–Kier alpha value is -7.31. The molecule has 28 nitrogen and oxygen atoms in total. The zero-order valence-electron chi connectivity index (χ0n) is 48.4.